The number of alkyl halides is 1. The van der Waals surface area contributed by atoms with Gasteiger partial charge in [0.25, 0.3) is 0 Å². The number of hydrogen-bond donors (Lipinski definition) is 0. The number of halogens is 4. The Morgan fingerprint density at radius 2 is 1.78 bits per heavy atom. The van der Waals surface area contributed by atoms with E-state index in [9.17, 15) is 0 Å². The largest absolute Gasteiger partial charge is 0.439 e. The van der Waals surface area contributed by atoms with Crippen LogP contribution >= 0.6 is 50.7 Å². The van der Waals surface area contributed by atoms with Crippen LogP contribution in [0.1, 0.15) is 5.56 Å². The summed E-state index contributed by atoms with van der Waals surface area (Å²) in [5.41, 5.74) is 0.780. The summed E-state index contributed by atoms with van der Waals surface area (Å²) >= 11 is 21.0. The van der Waals surface area contributed by atoms with Gasteiger partial charge in [0.15, 0.2) is 0 Å². The first-order chi connectivity index (χ1) is 8.58. The van der Waals surface area contributed by atoms with Gasteiger partial charge in [0.2, 0.25) is 5.88 Å². The van der Waals surface area contributed by atoms with E-state index < -0.39 is 0 Å². The zero-order chi connectivity index (χ0) is 13.1. The maximum absolute atomic E-state index is 5.90. The molecular weight excluding hydrogens is 360 g/mol. The molecule has 2 nitrogen and oxygen atoms in total. The third-order valence-electron chi connectivity index (χ3n) is 2.09. The van der Waals surface area contributed by atoms with Gasteiger partial charge in [0.05, 0.1) is 5.88 Å². The molecule has 2 aromatic rings. The number of hydrogen-bond acceptors (Lipinski definition) is 2. The van der Waals surface area contributed by atoms with Crippen LogP contribution in [0.4, 0.5) is 0 Å². The molecule has 1 heterocycles. The lowest BCUT2D eigenvalue weighted by Gasteiger charge is -2.09. The van der Waals surface area contributed by atoms with Crippen molar-refractivity contribution in [3.63, 3.8) is 0 Å². The molecule has 0 fully saturated rings. The lowest BCUT2D eigenvalue weighted by atomic mass is 10.3. The standard InChI is InChI=1S/C12H7BrCl3NO/c13-8-1-7(5-14)12(17-6-8)18-11-3-9(15)2-10(16)4-11/h1-4,6H,5H2. The lowest BCUT2D eigenvalue weighted by molar-refractivity contribution is 0.458. The second-order valence-corrected chi connectivity index (χ2v) is 5.51. The summed E-state index contributed by atoms with van der Waals surface area (Å²) in [6.45, 7) is 0. The Balaban J connectivity index is 2.33. The van der Waals surface area contributed by atoms with Crippen LogP contribution in [-0.2, 0) is 5.88 Å². The van der Waals surface area contributed by atoms with E-state index in [2.05, 4.69) is 20.9 Å². The maximum Gasteiger partial charge on any atom is 0.223 e. The van der Waals surface area contributed by atoms with Gasteiger partial charge in [-0.15, -0.1) is 11.6 Å². The van der Waals surface area contributed by atoms with Crippen molar-refractivity contribution in [2.45, 2.75) is 5.88 Å². The summed E-state index contributed by atoms with van der Waals surface area (Å²) in [5.74, 6) is 1.26. The highest BCUT2D eigenvalue weighted by Crippen LogP contribution is 2.30. The van der Waals surface area contributed by atoms with Crippen LogP contribution in [0.25, 0.3) is 0 Å². The Kier molecular flexibility index (Phi) is 4.73. The van der Waals surface area contributed by atoms with Gasteiger partial charge in [-0.05, 0) is 40.2 Å². The van der Waals surface area contributed by atoms with Crippen molar-refractivity contribution in [3.8, 4) is 11.6 Å². The highest BCUT2D eigenvalue weighted by atomic mass is 79.9. The molecule has 1 aromatic carbocycles. The first-order valence-corrected chi connectivity index (χ1v) is 7.01. The summed E-state index contributed by atoms with van der Waals surface area (Å²) in [5, 5.41) is 1.00. The molecule has 0 saturated heterocycles. The molecule has 0 spiro atoms. The topological polar surface area (TPSA) is 22.1 Å². The Morgan fingerprint density at radius 1 is 1.11 bits per heavy atom. The van der Waals surface area contributed by atoms with E-state index in [1.807, 2.05) is 6.07 Å². The highest BCUT2D eigenvalue weighted by molar-refractivity contribution is 9.10. The Hall–Kier alpha value is -0.480. The Labute approximate surface area is 128 Å². The smallest absolute Gasteiger partial charge is 0.223 e. The summed E-state index contributed by atoms with van der Waals surface area (Å²) in [6.07, 6.45) is 1.64. The van der Waals surface area contributed by atoms with Gasteiger partial charge in [-0.2, -0.15) is 0 Å². The molecule has 0 aliphatic carbocycles. The predicted molar refractivity (Wildman–Crippen MR) is 78.0 cm³/mol. The van der Waals surface area contributed by atoms with Crippen LogP contribution in [0.3, 0.4) is 0 Å². The average Bonchev–Trinajstić information content (AvgIpc) is 2.30. The van der Waals surface area contributed by atoms with E-state index in [4.69, 9.17) is 39.5 Å². The third-order valence-corrected chi connectivity index (χ3v) is 3.24. The van der Waals surface area contributed by atoms with Gasteiger partial charge in [-0.3, -0.25) is 0 Å². The third kappa shape index (κ3) is 3.51. The molecule has 2 rings (SSSR count). The zero-order valence-electron chi connectivity index (χ0n) is 8.96. The molecule has 1 aromatic heterocycles. The van der Waals surface area contributed by atoms with Crippen molar-refractivity contribution in [2.75, 3.05) is 0 Å². The molecule has 0 saturated carbocycles. The fourth-order valence-corrected chi connectivity index (χ4v) is 2.43. The molecule has 0 bridgehead atoms. The van der Waals surface area contributed by atoms with Crippen molar-refractivity contribution < 1.29 is 4.74 Å². The van der Waals surface area contributed by atoms with Crippen LogP contribution in [0.5, 0.6) is 11.6 Å². The second kappa shape index (κ2) is 6.11. The number of ether oxygens (including phenoxy) is 1. The quantitative estimate of drug-likeness (QED) is 0.651. The van der Waals surface area contributed by atoms with Crippen molar-refractivity contribution >= 4 is 50.7 Å². The molecule has 6 heteroatoms. The van der Waals surface area contributed by atoms with Crippen molar-refractivity contribution in [1.82, 2.24) is 4.98 Å². The van der Waals surface area contributed by atoms with E-state index >= 15 is 0 Å². The molecule has 0 atom stereocenters. The molecule has 0 radical (unpaired) electrons. The van der Waals surface area contributed by atoms with Crippen molar-refractivity contribution in [2.24, 2.45) is 0 Å². The summed E-state index contributed by atoms with van der Waals surface area (Å²) in [6, 6.07) is 6.80. The number of pyridine rings is 1. The number of nitrogens with zero attached hydrogens (tertiary/aromatic N) is 1. The molecule has 0 aliphatic heterocycles. The Morgan fingerprint density at radius 3 is 2.39 bits per heavy atom. The van der Waals surface area contributed by atoms with Gasteiger partial charge < -0.3 is 4.74 Å². The average molecular weight is 367 g/mol. The van der Waals surface area contributed by atoms with Crippen LogP contribution in [0.2, 0.25) is 10.0 Å². The lowest BCUT2D eigenvalue weighted by Crippen LogP contribution is -1.93. The van der Waals surface area contributed by atoms with E-state index in [-0.39, 0.29) is 0 Å². The van der Waals surface area contributed by atoms with E-state index in [0.29, 0.717) is 27.6 Å². The maximum atomic E-state index is 5.90. The minimum atomic E-state index is 0.302. The minimum absolute atomic E-state index is 0.302. The monoisotopic (exact) mass is 365 g/mol. The van der Waals surface area contributed by atoms with Crippen molar-refractivity contribution in [3.05, 3.63) is 50.5 Å². The zero-order valence-corrected chi connectivity index (χ0v) is 12.8. The van der Waals surface area contributed by atoms with Gasteiger partial charge in [0, 0.05) is 26.3 Å². The first-order valence-electron chi connectivity index (χ1n) is 4.93. The number of benzene rings is 1. The first kappa shape index (κ1) is 13.9. The van der Waals surface area contributed by atoms with Crippen LogP contribution < -0.4 is 4.74 Å². The van der Waals surface area contributed by atoms with Crippen LogP contribution in [-0.4, -0.2) is 4.98 Å². The van der Waals surface area contributed by atoms with Gasteiger partial charge in [0.1, 0.15) is 5.75 Å². The van der Waals surface area contributed by atoms with E-state index in [1.54, 1.807) is 24.4 Å². The van der Waals surface area contributed by atoms with Crippen LogP contribution in [0, 0.1) is 0 Å². The predicted octanol–water partition coefficient (Wildman–Crippen LogP) is 5.68. The molecule has 94 valence electrons. The van der Waals surface area contributed by atoms with Crippen LogP contribution in [0.15, 0.2) is 34.9 Å². The fraction of sp³-hybridized carbons (Fsp3) is 0.0833. The van der Waals surface area contributed by atoms with Gasteiger partial charge in [-0.25, -0.2) is 4.98 Å². The SMILES string of the molecule is ClCc1cc(Br)cnc1Oc1cc(Cl)cc(Cl)c1. The summed E-state index contributed by atoms with van der Waals surface area (Å²) in [4.78, 5) is 4.16. The summed E-state index contributed by atoms with van der Waals surface area (Å²) in [7, 11) is 0. The molecule has 0 amide bonds. The van der Waals surface area contributed by atoms with E-state index in [0.717, 1.165) is 10.0 Å². The number of aromatic nitrogens is 1. The summed E-state index contributed by atoms with van der Waals surface area (Å²) < 4.78 is 6.47. The van der Waals surface area contributed by atoms with Gasteiger partial charge >= 0.3 is 0 Å². The fourth-order valence-electron chi connectivity index (χ4n) is 1.36. The molecule has 18 heavy (non-hydrogen) atoms. The van der Waals surface area contributed by atoms with Crippen molar-refractivity contribution in [1.29, 1.82) is 0 Å². The Bertz CT molecular complexity index is 557. The van der Waals surface area contributed by atoms with Gasteiger partial charge in [-0.1, -0.05) is 23.2 Å². The molecule has 0 aliphatic rings. The normalized spacial score (nSPS) is 10.4. The molecule has 0 unspecified atom stereocenters. The number of rotatable bonds is 3. The van der Waals surface area contributed by atoms with E-state index in [1.165, 1.54) is 0 Å². The molecule has 0 N–H and O–H groups in total. The highest BCUT2D eigenvalue weighted by Gasteiger charge is 2.08. The minimum Gasteiger partial charge on any atom is -0.439 e. The molecular formula is C12H7BrCl3NO. The second-order valence-electron chi connectivity index (χ2n) is 3.46.